The zero-order valence-electron chi connectivity index (χ0n) is 11.6. The number of hydrogen-bond donors (Lipinski definition) is 0. The summed E-state index contributed by atoms with van der Waals surface area (Å²) < 4.78 is 11.2. The van der Waals surface area contributed by atoms with Gasteiger partial charge in [0.05, 0.1) is 12.7 Å². The van der Waals surface area contributed by atoms with Crippen LogP contribution in [0.4, 0.5) is 0 Å². The molecule has 0 aliphatic heterocycles. The van der Waals surface area contributed by atoms with E-state index in [9.17, 15) is 4.79 Å². The highest BCUT2D eigenvalue weighted by Crippen LogP contribution is 2.22. The van der Waals surface area contributed by atoms with Gasteiger partial charge in [0.15, 0.2) is 0 Å². The first-order valence-electron chi connectivity index (χ1n) is 6.34. The molecule has 0 amide bonds. The standard InChI is InChI=1S/C14H20BrNO3/c1-4-16(5-2)6-7-19-13-9-11(14(17)18-3)8-12(15)10-13/h8-10H,4-7H2,1-3H3. The quantitative estimate of drug-likeness (QED) is 0.721. The van der Waals surface area contributed by atoms with Gasteiger partial charge in [-0.15, -0.1) is 0 Å². The van der Waals surface area contributed by atoms with Crippen molar-refractivity contribution in [1.29, 1.82) is 0 Å². The highest BCUT2D eigenvalue weighted by atomic mass is 79.9. The van der Waals surface area contributed by atoms with Gasteiger partial charge in [0.1, 0.15) is 12.4 Å². The van der Waals surface area contributed by atoms with Gasteiger partial charge < -0.3 is 14.4 Å². The highest BCUT2D eigenvalue weighted by Gasteiger charge is 2.09. The van der Waals surface area contributed by atoms with Crippen LogP contribution in [-0.2, 0) is 4.74 Å². The molecule has 0 bridgehead atoms. The highest BCUT2D eigenvalue weighted by molar-refractivity contribution is 9.10. The molecule has 0 spiro atoms. The van der Waals surface area contributed by atoms with E-state index in [1.807, 2.05) is 6.07 Å². The summed E-state index contributed by atoms with van der Waals surface area (Å²) in [6, 6.07) is 5.25. The van der Waals surface area contributed by atoms with Crippen molar-refractivity contribution >= 4 is 21.9 Å². The maximum Gasteiger partial charge on any atom is 0.338 e. The van der Waals surface area contributed by atoms with Crippen LogP contribution in [0.15, 0.2) is 22.7 Å². The Balaban J connectivity index is 2.63. The topological polar surface area (TPSA) is 38.8 Å². The van der Waals surface area contributed by atoms with Crippen LogP contribution in [-0.4, -0.2) is 44.2 Å². The minimum Gasteiger partial charge on any atom is -0.492 e. The summed E-state index contributed by atoms with van der Waals surface area (Å²) >= 11 is 3.36. The Morgan fingerprint density at radius 3 is 2.53 bits per heavy atom. The second-order valence-corrected chi connectivity index (χ2v) is 4.96. The third kappa shape index (κ3) is 5.20. The molecule has 106 valence electrons. The Kier molecular flexibility index (Phi) is 6.87. The predicted octanol–water partition coefficient (Wildman–Crippen LogP) is 2.96. The van der Waals surface area contributed by atoms with Crippen molar-refractivity contribution in [2.75, 3.05) is 33.4 Å². The average molecular weight is 330 g/mol. The molecule has 4 nitrogen and oxygen atoms in total. The summed E-state index contributed by atoms with van der Waals surface area (Å²) in [6.45, 7) is 7.72. The first-order chi connectivity index (χ1) is 9.10. The number of benzene rings is 1. The summed E-state index contributed by atoms with van der Waals surface area (Å²) in [5, 5.41) is 0. The summed E-state index contributed by atoms with van der Waals surface area (Å²) in [7, 11) is 1.37. The first-order valence-corrected chi connectivity index (χ1v) is 7.14. The van der Waals surface area contributed by atoms with E-state index in [1.165, 1.54) is 7.11 Å². The molecule has 0 fully saturated rings. The molecule has 0 saturated carbocycles. The van der Waals surface area contributed by atoms with Gasteiger partial charge in [-0.1, -0.05) is 29.8 Å². The SMILES string of the molecule is CCN(CC)CCOc1cc(Br)cc(C(=O)OC)c1. The fourth-order valence-electron chi connectivity index (χ4n) is 1.71. The molecular weight excluding hydrogens is 310 g/mol. The van der Waals surface area contributed by atoms with Crippen LogP contribution in [0.5, 0.6) is 5.75 Å². The third-order valence-corrected chi connectivity index (χ3v) is 3.32. The molecule has 1 aromatic carbocycles. The third-order valence-electron chi connectivity index (χ3n) is 2.86. The number of methoxy groups -OCH3 is 1. The van der Waals surface area contributed by atoms with Gasteiger partial charge in [0.25, 0.3) is 0 Å². The number of carbonyl (C=O) groups is 1. The molecule has 19 heavy (non-hydrogen) atoms. The van der Waals surface area contributed by atoms with Gasteiger partial charge in [-0.25, -0.2) is 4.79 Å². The molecule has 0 unspecified atom stereocenters. The van der Waals surface area contributed by atoms with E-state index >= 15 is 0 Å². The van der Waals surface area contributed by atoms with Crippen molar-refractivity contribution in [3.8, 4) is 5.75 Å². The molecular formula is C14H20BrNO3. The number of nitrogens with zero attached hydrogens (tertiary/aromatic N) is 1. The average Bonchev–Trinajstić information content (AvgIpc) is 2.42. The van der Waals surface area contributed by atoms with Crippen molar-refractivity contribution in [3.05, 3.63) is 28.2 Å². The Morgan fingerprint density at radius 2 is 1.95 bits per heavy atom. The lowest BCUT2D eigenvalue weighted by Crippen LogP contribution is -2.27. The number of hydrogen-bond acceptors (Lipinski definition) is 4. The fraction of sp³-hybridized carbons (Fsp3) is 0.500. The van der Waals surface area contributed by atoms with E-state index in [0.29, 0.717) is 17.9 Å². The first kappa shape index (κ1) is 16.0. The molecule has 0 atom stereocenters. The van der Waals surface area contributed by atoms with E-state index < -0.39 is 0 Å². The Bertz CT molecular complexity index is 419. The molecule has 0 aromatic heterocycles. The number of halogens is 1. The van der Waals surface area contributed by atoms with Crippen LogP contribution >= 0.6 is 15.9 Å². The van der Waals surface area contributed by atoms with Crippen molar-refractivity contribution < 1.29 is 14.3 Å². The second kappa shape index (κ2) is 8.17. The lowest BCUT2D eigenvalue weighted by atomic mass is 10.2. The molecule has 0 saturated heterocycles. The summed E-state index contributed by atoms with van der Waals surface area (Å²) in [5.74, 6) is 0.303. The molecule has 1 aromatic rings. The van der Waals surface area contributed by atoms with Gasteiger partial charge >= 0.3 is 5.97 Å². The normalized spacial score (nSPS) is 10.6. The predicted molar refractivity (Wildman–Crippen MR) is 78.8 cm³/mol. The second-order valence-electron chi connectivity index (χ2n) is 4.04. The number of rotatable bonds is 7. The number of likely N-dealkylation sites (N-methyl/N-ethyl adjacent to an activating group) is 1. The molecule has 1 rings (SSSR count). The monoisotopic (exact) mass is 329 g/mol. The number of esters is 1. The van der Waals surface area contributed by atoms with E-state index in [4.69, 9.17) is 9.47 Å². The molecule has 0 heterocycles. The zero-order chi connectivity index (χ0) is 14.3. The van der Waals surface area contributed by atoms with Crippen LogP contribution < -0.4 is 4.74 Å². The van der Waals surface area contributed by atoms with Gasteiger partial charge in [-0.05, 0) is 31.3 Å². The molecule has 0 radical (unpaired) electrons. The van der Waals surface area contributed by atoms with E-state index in [1.54, 1.807) is 12.1 Å². The fourth-order valence-corrected chi connectivity index (χ4v) is 2.19. The minimum absolute atomic E-state index is 0.366. The Morgan fingerprint density at radius 1 is 1.26 bits per heavy atom. The number of carbonyl (C=O) groups excluding carboxylic acids is 1. The molecule has 0 aliphatic carbocycles. The summed E-state index contributed by atoms with van der Waals surface area (Å²) in [6.07, 6.45) is 0. The Labute approximate surface area is 122 Å². The maximum absolute atomic E-state index is 11.5. The maximum atomic E-state index is 11.5. The van der Waals surface area contributed by atoms with Crippen LogP contribution in [0.2, 0.25) is 0 Å². The van der Waals surface area contributed by atoms with Crippen molar-refractivity contribution in [3.63, 3.8) is 0 Å². The molecule has 0 aliphatic rings. The van der Waals surface area contributed by atoms with Crippen LogP contribution in [0, 0.1) is 0 Å². The molecule has 5 heteroatoms. The summed E-state index contributed by atoms with van der Waals surface area (Å²) in [5.41, 5.74) is 0.481. The lowest BCUT2D eigenvalue weighted by molar-refractivity contribution is 0.0600. The van der Waals surface area contributed by atoms with Crippen molar-refractivity contribution in [2.24, 2.45) is 0 Å². The van der Waals surface area contributed by atoms with Gasteiger partial charge in [0.2, 0.25) is 0 Å². The number of ether oxygens (including phenoxy) is 2. The van der Waals surface area contributed by atoms with E-state index in [0.717, 1.165) is 24.1 Å². The smallest absolute Gasteiger partial charge is 0.338 e. The molecule has 0 N–H and O–H groups in total. The zero-order valence-corrected chi connectivity index (χ0v) is 13.2. The minimum atomic E-state index is -0.366. The van der Waals surface area contributed by atoms with Crippen molar-refractivity contribution in [1.82, 2.24) is 4.90 Å². The van der Waals surface area contributed by atoms with Crippen molar-refractivity contribution in [2.45, 2.75) is 13.8 Å². The Hall–Kier alpha value is -1.07. The van der Waals surface area contributed by atoms with Crippen LogP contribution in [0.1, 0.15) is 24.2 Å². The largest absolute Gasteiger partial charge is 0.492 e. The van der Waals surface area contributed by atoms with Gasteiger partial charge in [-0.2, -0.15) is 0 Å². The van der Waals surface area contributed by atoms with Crippen LogP contribution in [0.25, 0.3) is 0 Å². The van der Waals surface area contributed by atoms with E-state index in [-0.39, 0.29) is 5.97 Å². The van der Waals surface area contributed by atoms with Gasteiger partial charge in [0, 0.05) is 11.0 Å². The van der Waals surface area contributed by atoms with Crippen LogP contribution in [0.3, 0.4) is 0 Å². The van der Waals surface area contributed by atoms with E-state index in [2.05, 4.69) is 34.7 Å². The van der Waals surface area contributed by atoms with Gasteiger partial charge in [-0.3, -0.25) is 0 Å². The summed E-state index contributed by atoms with van der Waals surface area (Å²) in [4.78, 5) is 13.8. The lowest BCUT2D eigenvalue weighted by Gasteiger charge is -2.18.